The monoisotopic (exact) mass is 242 g/mol. The highest BCUT2D eigenvalue weighted by Crippen LogP contribution is 2.60. The molecule has 0 aromatic rings. The number of hydrogen-bond donors (Lipinski definition) is 1. The van der Waals surface area contributed by atoms with E-state index in [1.54, 1.807) is 13.8 Å². The van der Waals surface area contributed by atoms with Gasteiger partial charge in [-0.1, -0.05) is 31.5 Å². The van der Waals surface area contributed by atoms with E-state index in [2.05, 4.69) is 0 Å². The number of carbonyl (C=O) groups is 1. The van der Waals surface area contributed by atoms with Crippen LogP contribution in [0.3, 0.4) is 0 Å². The third-order valence-corrected chi connectivity index (χ3v) is 3.11. The zero-order valence-electron chi connectivity index (χ0n) is 8.10. The molecular formula is C9H10ClF3O2. The molecule has 1 saturated carbocycles. The van der Waals surface area contributed by atoms with Crippen molar-refractivity contribution in [2.75, 3.05) is 0 Å². The largest absolute Gasteiger partial charge is 0.481 e. The lowest BCUT2D eigenvalue weighted by Crippen LogP contribution is -2.07. The zero-order valence-corrected chi connectivity index (χ0v) is 8.86. The Morgan fingerprint density at radius 2 is 1.93 bits per heavy atom. The van der Waals surface area contributed by atoms with E-state index in [9.17, 15) is 18.0 Å². The zero-order chi connectivity index (χ0) is 12.0. The van der Waals surface area contributed by atoms with Crippen LogP contribution >= 0.6 is 11.6 Å². The van der Waals surface area contributed by atoms with Crippen LogP contribution in [0.15, 0.2) is 11.1 Å². The lowest BCUT2D eigenvalue weighted by molar-refractivity contribution is -0.139. The van der Waals surface area contributed by atoms with Gasteiger partial charge in [0.1, 0.15) is 5.03 Å². The van der Waals surface area contributed by atoms with Gasteiger partial charge in [-0.3, -0.25) is 4.79 Å². The van der Waals surface area contributed by atoms with Gasteiger partial charge in [-0.25, -0.2) is 0 Å². The minimum Gasteiger partial charge on any atom is -0.481 e. The fraction of sp³-hybridized carbons (Fsp3) is 0.667. The van der Waals surface area contributed by atoms with E-state index in [0.717, 1.165) is 6.08 Å². The molecule has 6 heteroatoms. The molecule has 0 saturated heterocycles. The summed E-state index contributed by atoms with van der Waals surface area (Å²) in [5.41, 5.74) is -0.656. The summed E-state index contributed by atoms with van der Waals surface area (Å²) in [5, 5.41) is 7.48. The van der Waals surface area contributed by atoms with Gasteiger partial charge in [-0.15, -0.1) is 0 Å². The second-order valence-corrected chi connectivity index (χ2v) is 4.58. The molecule has 0 aliphatic heterocycles. The average Bonchev–Trinajstić information content (AvgIpc) is 2.50. The summed E-state index contributed by atoms with van der Waals surface area (Å²) >= 11 is 5.03. The van der Waals surface area contributed by atoms with Gasteiger partial charge in [-0.05, 0) is 11.3 Å². The number of hydrogen-bond acceptors (Lipinski definition) is 1. The summed E-state index contributed by atoms with van der Waals surface area (Å²) in [6.45, 7) is 3.21. The summed E-state index contributed by atoms with van der Waals surface area (Å²) in [5.74, 6) is -2.52. The summed E-state index contributed by atoms with van der Waals surface area (Å²) in [7, 11) is 0. The standard InChI is InChI=1S/C9H10ClF3O2/c1-8(2)4(6(8)7(14)15)3-5(10)9(11,12)13/h3-4,6H,1-2H3,(H,14,15)/b5-3-/t4-,6+/m0/s1. The molecule has 0 heterocycles. The van der Waals surface area contributed by atoms with Gasteiger partial charge < -0.3 is 5.11 Å². The highest BCUT2D eigenvalue weighted by atomic mass is 35.5. The lowest BCUT2D eigenvalue weighted by atomic mass is 10.1. The van der Waals surface area contributed by atoms with Crippen molar-refractivity contribution in [2.24, 2.45) is 17.3 Å². The van der Waals surface area contributed by atoms with E-state index >= 15 is 0 Å². The Kier molecular flexibility index (Phi) is 2.80. The van der Waals surface area contributed by atoms with Crippen molar-refractivity contribution in [1.82, 2.24) is 0 Å². The second kappa shape index (κ2) is 3.40. The van der Waals surface area contributed by atoms with Crippen LogP contribution in [0, 0.1) is 17.3 Å². The maximum Gasteiger partial charge on any atom is 0.426 e. The SMILES string of the molecule is CC1(C)[C@@H](/C=C(\Cl)C(F)(F)F)[C@@H]1C(=O)O. The normalized spacial score (nSPS) is 30.1. The molecule has 86 valence electrons. The molecule has 1 aliphatic rings. The highest BCUT2D eigenvalue weighted by Gasteiger charge is 2.61. The summed E-state index contributed by atoms with van der Waals surface area (Å²) in [6, 6.07) is 0. The quantitative estimate of drug-likeness (QED) is 0.808. The van der Waals surface area contributed by atoms with Gasteiger partial charge >= 0.3 is 12.1 Å². The van der Waals surface area contributed by atoms with Crippen LogP contribution in [0.25, 0.3) is 0 Å². The van der Waals surface area contributed by atoms with Crippen LogP contribution in [0.1, 0.15) is 13.8 Å². The Hall–Kier alpha value is -0.710. The van der Waals surface area contributed by atoms with E-state index in [1.807, 2.05) is 0 Å². The Balaban J connectivity index is 2.83. The van der Waals surface area contributed by atoms with Crippen LogP contribution in [-0.4, -0.2) is 17.3 Å². The average molecular weight is 243 g/mol. The van der Waals surface area contributed by atoms with Crippen LogP contribution in [0.5, 0.6) is 0 Å². The van der Waals surface area contributed by atoms with Gasteiger partial charge in [0.2, 0.25) is 0 Å². The van der Waals surface area contributed by atoms with Gasteiger partial charge in [-0.2, -0.15) is 13.2 Å². The molecule has 1 aliphatic carbocycles. The third-order valence-electron chi connectivity index (χ3n) is 2.77. The van der Waals surface area contributed by atoms with Crippen LogP contribution in [-0.2, 0) is 4.79 Å². The number of carboxylic acids is 1. The first-order valence-corrected chi connectivity index (χ1v) is 4.63. The van der Waals surface area contributed by atoms with Crippen molar-refractivity contribution in [3.63, 3.8) is 0 Å². The molecule has 15 heavy (non-hydrogen) atoms. The molecule has 0 bridgehead atoms. The first kappa shape index (κ1) is 12.4. The Morgan fingerprint density at radius 3 is 2.20 bits per heavy atom. The number of allylic oxidation sites excluding steroid dienone is 2. The predicted octanol–water partition coefficient (Wildman–Crippen LogP) is 3.03. The molecule has 1 fully saturated rings. The second-order valence-electron chi connectivity index (χ2n) is 4.18. The number of rotatable bonds is 2. The first-order chi connectivity index (χ1) is 6.58. The summed E-state index contributed by atoms with van der Waals surface area (Å²) in [6.07, 6.45) is -3.80. The minimum absolute atomic E-state index is 0.649. The molecule has 0 spiro atoms. The number of aliphatic carboxylic acids is 1. The van der Waals surface area contributed by atoms with Crippen molar-refractivity contribution < 1.29 is 23.1 Å². The fourth-order valence-corrected chi connectivity index (χ4v) is 1.85. The van der Waals surface area contributed by atoms with Crippen molar-refractivity contribution >= 4 is 17.6 Å². The Morgan fingerprint density at radius 1 is 1.47 bits per heavy atom. The third kappa shape index (κ3) is 2.27. The smallest absolute Gasteiger partial charge is 0.426 e. The van der Waals surface area contributed by atoms with Gasteiger partial charge in [0.25, 0.3) is 0 Å². The first-order valence-electron chi connectivity index (χ1n) is 4.26. The van der Waals surface area contributed by atoms with Gasteiger partial charge in [0.05, 0.1) is 5.92 Å². The fourth-order valence-electron chi connectivity index (χ4n) is 1.71. The molecule has 0 amide bonds. The van der Waals surface area contributed by atoms with E-state index in [-0.39, 0.29) is 0 Å². The molecule has 0 radical (unpaired) electrons. The number of alkyl halides is 3. The Bertz CT molecular complexity index is 320. The van der Waals surface area contributed by atoms with Crippen molar-refractivity contribution in [3.8, 4) is 0 Å². The van der Waals surface area contributed by atoms with E-state index < -0.39 is 34.4 Å². The summed E-state index contributed by atoms with van der Waals surface area (Å²) in [4.78, 5) is 10.7. The molecule has 0 aromatic carbocycles. The lowest BCUT2D eigenvalue weighted by Gasteiger charge is -2.04. The molecule has 1 rings (SSSR count). The van der Waals surface area contributed by atoms with Crippen molar-refractivity contribution in [3.05, 3.63) is 11.1 Å². The number of halogens is 4. The predicted molar refractivity (Wildman–Crippen MR) is 48.4 cm³/mol. The molecule has 2 nitrogen and oxygen atoms in total. The highest BCUT2D eigenvalue weighted by molar-refractivity contribution is 6.30. The topological polar surface area (TPSA) is 37.3 Å². The van der Waals surface area contributed by atoms with Gasteiger partial charge in [0.15, 0.2) is 0 Å². The Labute approximate surface area is 89.7 Å². The maximum absolute atomic E-state index is 12.1. The van der Waals surface area contributed by atoms with Gasteiger partial charge in [0, 0.05) is 0 Å². The molecule has 1 N–H and O–H groups in total. The van der Waals surface area contributed by atoms with Crippen LogP contribution in [0.4, 0.5) is 13.2 Å². The molecular weight excluding hydrogens is 233 g/mol. The molecule has 2 atom stereocenters. The maximum atomic E-state index is 12.1. The number of carboxylic acid groups (broad SMARTS) is 1. The minimum atomic E-state index is -4.59. The molecule has 0 aromatic heterocycles. The van der Waals surface area contributed by atoms with Crippen molar-refractivity contribution in [2.45, 2.75) is 20.0 Å². The van der Waals surface area contributed by atoms with Crippen LogP contribution < -0.4 is 0 Å². The summed E-state index contributed by atoms with van der Waals surface area (Å²) < 4.78 is 36.2. The van der Waals surface area contributed by atoms with Crippen LogP contribution in [0.2, 0.25) is 0 Å². The molecule has 0 unspecified atom stereocenters. The van der Waals surface area contributed by atoms with E-state index in [4.69, 9.17) is 16.7 Å². The van der Waals surface area contributed by atoms with Crippen molar-refractivity contribution in [1.29, 1.82) is 0 Å². The van der Waals surface area contributed by atoms with E-state index in [0.29, 0.717) is 0 Å². The van der Waals surface area contributed by atoms with E-state index in [1.165, 1.54) is 0 Å².